The van der Waals surface area contributed by atoms with Gasteiger partial charge in [0.15, 0.2) is 11.6 Å². The molecule has 1 rings (SSSR count). The zero-order chi connectivity index (χ0) is 13.1. The summed E-state index contributed by atoms with van der Waals surface area (Å²) in [5.41, 5.74) is -0.752. The monoisotopic (exact) mass is 241 g/mol. The van der Waals surface area contributed by atoms with E-state index in [9.17, 15) is 9.18 Å². The van der Waals surface area contributed by atoms with Crippen molar-refractivity contribution in [3.05, 3.63) is 24.0 Å². The fourth-order valence-electron chi connectivity index (χ4n) is 1.27. The maximum Gasteiger partial charge on any atom is 0.328 e. The van der Waals surface area contributed by atoms with Gasteiger partial charge in [0.05, 0.1) is 6.61 Å². The van der Waals surface area contributed by atoms with Crippen molar-refractivity contribution < 1.29 is 19.0 Å². The normalized spacial score (nSPS) is 11.1. The first kappa shape index (κ1) is 13.3. The molecule has 0 saturated carbocycles. The van der Waals surface area contributed by atoms with Gasteiger partial charge in [-0.3, -0.25) is 0 Å². The van der Waals surface area contributed by atoms with E-state index < -0.39 is 17.3 Å². The molecule has 1 aromatic rings. The van der Waals surface area contributed by atoms with Crippen molar-refractivity contribution in [3.63, 3.8) is 0 Å². The Labute approximate surface area is 99.4 Å². The molecule has 0 heterocycles. The number of carboxylic acids is 1. The van der Waals surface area contributed by atoms with Gasteiger partial charge in [0.25, 0.3) is 0 Å². The lowest BCUT2D eigenvalue weighted by Gasteiger charge is -2.22. The topological polar surface area (TPSA) is 58.6 Å². The lowest BCUT2D eigenvalue weighted by molar-refractivity contribution is -0.141. The third-order valence-electron chi connectivity index (χ3n) is 2.22. The molecule has 17 heavy (non-hydrogen) atoms. The second kappa shape index (κ2) is 5.03. The highest BCUT2D eigenvalue weighted by molar-refractivity contribution is 5.81. The van der Waals surface area contributed by atoms with Crippen LogP contribution in [0.3, 0.4) is 0 Å². The van der Waals surface area contributed by atoms with E-state index in [1.54, 1.807) is 13.0 Å². The SMILES string of the molecule is CCOc1ccc(NC(C)(C)C(=O)O)cc1F. The molecule has 0 unspecified atom stereocenters. The van der Waals surface area contributed by atoms with Crippen LogP contribution in [0.4, 0.5) is 10.1 Å². The summed E-state index contributed by atoms with van der Waals surface area (Å²) < 4.78 is 18.6. The quantitative estimate of drug-likeness (QED) is 0.831. The summed E-state index contributed by atoms with van der Waals surface area (Å²) in [7, 11) is 0. The first-order valence-electron chi connectivity index (χ1n) is 5.30. The number of halogens is 1. The summed E-state index contributed by atoms with van der Waals surface area (Å²) in [6, 6.07) is 4.27. The van der Waals surface area contributed by atoms with Crippen LogP contribution < -0.4 is 10.1 Å². The van der Waals surface area contributed by atoms with Gasteiger partial charge in [-0.1, -0.05) is 0 Å². The number of aliphatic carboxylic acids is 1. The molecule has 4 nitrogen and oxygen atoms in total. The highest BCUT2D eigenvalue weighted by Gasteiger charge is 2.26. The first-order chi connectivity index (χ1) is 7.86. The highest BCUT2D eigenvalue weighted by Crippen LogP contribution is 2.23. The number of benzene rings is 1. The largest absolute Gasteiger partial charge is 0.491 e. The van der Waals surface area contributed by atoms with E-state index >= 15 is 0 Å². The van der Waals surface area contributed by atoms with Gasteiger partial charge < -0.3 is 15.2 Å². The summed E-state index contributed by atoms with van der Waals surface area (Å²) in [6.45, 7) is 5.15. The number of rotatable bonds is 5. The molecule has 0 aliphatic heterocycles. The lowest BCUT2D eigenvalue weighted by atomic mass is 10.1. The second-order valence-corrected chi connectivity index (χ2v) is 4.13. The molecular weight excluding hydrogens is 225 g/mol. The minimum Gasteiger partial charge on any atom is -0.491 e. The third-order valence-corrected chi connectivity index (χ3v) is 2.22. The Bertz CT molecular complexity index is 418. The molecular formula is C12H16FNO3. The van der Waals surface area contributed by atoms with Gasteiger partial charge in [-0.2, -0.15) is 0 Å². The first-order valence-corrected chi connectivity index (χ1v) is 5.30. The Kier molecular flexibility index (Phi) is 3.93. The predicted octanol–water partition coefficient (Wildman–Crippen LogP) is 2.50. The van der Waals surface area contributed by atoms with Gasteiger partial charge in [0.2, 0.25) is 0 Å². The Hall–Kier alpha value is -1.78. The maximum absolute atomic E-state index is 13.5. The molecule has 0 aromatic heterocycles. The second-order valence-electron chi connectivity index (χ2n) is 4.13. The molecule has 0 bridgehead atoms. The van der Waals surface area contributed by atoms with Crippen LogP contribution in [0, 0.1) is 5.82 Å². The van der Waals surface area contributed by atoms with E-state index in [-0.39, 0.29) is 5.75 Å². The van der Waals surface area contributed by atoms with Crippen LogP contribution in [0.5, 0.6) is 5.75 Å². The summed E-state index contributed by atoms with van der Waals surface area (Å²) in [5.74, 6) is -1.36. The molecule has 94 valence electrons. The molecule has 0 fully saturated rings. The summed E-state index contributed by atoms with van der Waals surface area (Å²) in [4.78, 5) is 10.9. The van der Waals surface area contributed by atoms with Crippen LogP contribution in [-0.4, -0.2) is 23.2 Å². The molecule has 1 aromatic carbocycles. The van der Waals surface area contributed by atoms with Crippen molar-refractivity contribution >= 4 is 11.7 Å². The average molecular weight is 241 g/mol. The number of carbonyl (C=O) groups is 1. The summed E-state index contributed by atoms with van der Waals surface area (Å²) in [6.07, 6.45) is 0. The summed E-state index contributed by atoms with van der Waals surface area (Å²) >= 11 is 0. The molecule has 0 amide bonds. The van der Waals surface area contributed by atoms with Crippen molar-refractivity contribution in [1.29, 1.82) is 0 Å². The van der Waals surface area contributed by atoms with Gasteiger partial charge in [0.1, 0.15) is 5.54 Å². The predicted molar refractivity (Wildman–Crippen MR) is 62.9 cm³/mol. The standard InChI is InChI=1S/C12H16FNO3/c1-4-17-10-6-5-8(7-9(10)13)14-12(2,3)11(15)16/h5-7,14H,4H2,1-3H3,(H,15,16). The number of anilines is 1. The number of hydrogen-bond acceptors (Lipinski definition) is 3. The van der Waals surface area contributed by atoms with E-state index in [2.05, 4.69) is 5.32 Å². The molecule has 0 aliphatic carbocycles. The van der Waals surface area contributed by atoms with Crippen molar-refractivity contribution in [2.75, 3.05) is 11.9 Å². The Balaban J connectivity index is 2.87. The van der Waals surface area contributed by atoms with Crippen molar-refractivity contribution in [1.82, 2.24) is 0 Å². The zero-order valence-corrected chi connectivity index (χ0v) is 10.1. The molecule has 0 spiro atoms. The van der Waals surface area contributed by atoms with E-state index in [1.165, 1.54) is 26.0 Å². The van der Waals surface area contributed by atoms with Crippen LogP contribution in [0.15, 0.2) is 18.2 Å². The van der Waals surface area contributed by atoms with Crippen LogP contribution >= 0.6 is 0 Å². The number of nitrogens with one attached hydrogen (secondary N) is 1. The highest BCUT2D eigenvalue weighted by atomic mass is 19.1. The molecule has 5 heteroatoms. The number of hydrogen-bond donors (Lipinski definition) is 2. The average Bonchev–Trinajstić information content (AvgIpc) is 2.21. The zero-order valence-electron chi connectivity index (χ0n) is 10.1. The van der Waals surface area contributed by atoms with Gasteiger partial charge in [0, 0.05) is 11.8 Å². The molecule has 0 saturated heterocycles. The van der Waals surface area contributed by atoms with E-state index in [0.29, 0.717) is 12.3 Å². The lowest BCUT2D eigenvalue weighted by Crippen LogP contribution is -2.39. The van der Waals surface area contributed by atoms with E-state index in [0.717, 1.165) is 0 Å². The van der Waals surface area contributed by atoms with Gasteiger partial charge in [-0.05, 0) is 32.9 Å². The van der Waals surface area contributed by atoms with E-state index in [4.69, 9.17) is 9.84 Å². The molecule has 0 aliphatic rings. The van der Waals surface area contributed by atoms with E-state index in [1.807, 2.05) is 0 Å². The van der Waals surface area contributed by atoms with Crippen molar-refractivity contribution in [3.8, 4) is 5.75 Å². The Morgan fingerprint density at radius 3 is 2.65 bits per heavy atom. The number of ether oxygens (including phenoxy) is 1. The maximum atomic E-state index is 13.5. The smallest absolute Gasteiger partial charge is 0.328 e. The van der Waals surface area contributed by atoms with Crippen LogP contribution in [0.2, 0.25) is 0 Å². The van der Waals surface area contributed by atoms with Gasteiger partial charge >= 0.3 is 5.97 Å². The summed E-state index contributed by atoms with van der Waals surface area (Å²) in [5, 5.41) is 11.7. The van der Waals surface area contributed by atoms with Crippen molar-refractivity contribution in [2.24, 2.45) is 0 Å². The minimum atomic E-state index is -1.15. The third kappa shape index (κ3) is 3.34. The minimum absolute atomic E-state index is 0.159. The fraction of sp³-hybridized carbons (Fsp3) is 0.417. The molecule has 0 atom stereocenters. The number of carboxylic acid groups (broad SMARTS) is 1. The van der Waals surface area contributed by atoms with Crippen molar-refractivity contribution in [2.45, 2.75) is 26.3 Å². The Morgan fingerprint density at radius 2 is 2.18 bits per heavy atom. The fourth-order valence-corrected chi connectivity index (χ4v) is 1.27. The Morgan fingerprint density at radius 1 is 1.53 bits per heavy atom. The van der Waals surface area contributed by atoms with Gasteiger partial charge in [-0.25, -0.2) is 9.18 Å². The molecule has 2 N–H and O–H groups in total. The van der Waals surface area contributed by atoms with Crippen LogP contribution in [0.1, 0.15) is 20.8 Å². The molecule has 0 radical (unpaired) electrons. The van der Waals surface area contributed by atoms with Gasteiger partial charge in [-0.15, -0.1) is 0 Å². The van der Waals surface area contributed by atoms with Crippen LogP contribution in [0.25, 0.3) is 0 Å². The van der Waals surface area contributed by atoms with Crippen LogP contribution in [-0.2, 0) is 4.79 Å².